The largest absolute Gasteiger partial charge is 0.348 e. The highest BCUT2D eigenvalue weighted by Gasteiger charge is 2.27. The number of aromatic nitrogens is 3. The maximum Gasteiger partial charge on any atom is 0.263 e. The molecule has 3 aromatic heterocycles. The van der Waals surface area contributed by atoms with Crippen LogP contribution in [0.4, 0.5) is 0 Å². The first kappa shape index (κ1) is 22.9. The van der Waals surface area contributed by atoms with Crippen LogP contribution in [0.25, 0.3) is 10.2 Å². The summed E-state index contributed by atoms with van der Waals surface area (Å²) < 4.78 is 4.18. The number of aryl methyl sites for hydroxylation is 3. The quantitative estimate of drug-likeness (QED) is 0.226. The summed E-state index contributed by atoms with van der Waals surface area (Å²) in [6.45, 7) is 7.19. The molecule has 3 aromatic rings. The van der Waals surface area contributed by atoms with E-state index in [9.17, 15) is 9.59 Å². The summed E-state index contributed by atoms with van der Waals surface area (Å²) in [7, 11) is 0. The highest BCUT2D eigenvalue weighted by molar-refractivity contribution is 7.99. The van der Waals surface area contributed by atoms with Gasteiger partial charge in [-0.05, 0) is 70.4 Å². The summed E-state index contributed by atoms with van der Waals surface area (Å²) in [6.07, 6.45) is 9.82. The number of fused-ring (bicyclic) bond motifs is 3. The van der Waals surface area contributed by atoms with Crippen LogP contribution in [0.1, 0.15) is 90.1 Å². The van der Waals surface area contributed by atoms with Crippen LogP contribution in [0.2, 0.25) is 0 Å². The van der Waals surface area contributed by atoms with Crippen molar-refractivity contribution >= 4 is 39.1 Å². The van der Waals surface area contributed by atoms with E-state index in [0.29, 0.717) is 5.75 Å². The van der Waals surface area contributed by atoms with E-state index in [1.807, 2.05) is 17.6 Å². The topological polar surface area (TPSA) is 56.9 Å². The molecule has 1 fully saturated rings. The average molecular weight is 484 g/mol. The summed E-state index contributed by atoms with van der Waals surface area (Å²) in [5.74, 6) is 0.430. The Hall–Kier alpha value is -1.86. The minimum absolute atomic E-state index is 0.119. The summed E-state index contributed by atoms with van der Waals surface area (Å²) in [6, 6.07) is 2.22. The molecule has 0 unspecified atom stereocenters. The van der Waals surface area contributed by atoms with Crippen LogP contribution in [0.15, 0.2) is 16.0 Å². The van der Waals surface area contributed by atoms with Crippen molar-refractivity contribution in [2.45, 2.75) is 96.3 Å². The third-order valence-corrected chi connectivity index (χ3v) is 9.47. The Balaban J connectivity index is 1.50. The van der Waals surface area contributed by atoms with Gasteiger partial charge in [-0.1, -0.05) is 31.5 Å². The van der Waals surface area contributed by atoms with Crippen molar-refractivity contribution in [1.82, 2.24) is 14.1 Å². The van der Waals surface area contributed by atoms with E-state index < -0.39 is 0 Å². The highest BCUT2D eigenvalue weighted by atomic mass is 32.2. The fourth-order valence-electron chi connectivity index (χ4n) is 5.64. The zero-order chi connectivity index (χ0) is 23.1. The van der Waals surface area contributed by atoms with E-state index in [4.69, 9.17) is 4.98 Å². The zero-order valence-electron chi connectivity index (χ0n) is 19.9. The van der Waals surface area contributed by atoms with Crippen molar-refractivity contribution in [2.75, 3.05) is 5.75 Å². The molecule has 0 amide bonds. The van der Waals surface area contributed by atoms with Crippen molar-refractivity contribution < 1.29 is 4.79 Å². The summed E-state index contributed by atoms with van der Waals surface area (Å²) in [4.78, 5) is 34.2. The molecule has 0 spiro atoms. The minimum atomic E-state index is 0.119. The average Bonchev–Trinajstić information content (AvgIpc) is 3.52. The predicted molar refractivity (Wildman–Crippen MR) is 137 cm³/mol. The van der Waals surface area contributed by atoms with Crippen LogP contribution in [0.3, 0.4) is 0 Å². The molecule has 0 aromatic carbocycles. The smallest absolute Gasteiger partial charge is 0.263 e. The van der Waals surface area contributed by atoms with E-state index in [1.54, 1.807) is 11.3 Å². The monoisotopic (exact) mass is 483 g/mol. The molecule has 0 radical (unpaired) electrons. The van der Waals surface area contributed by atoms with E-state index in [1.165, 1.54) is 28.6 Å². The first-order valence-electron chi connectivity index (χ1n) is 12.4. The molecule has 0 saturated heterocycles. The third-order valence-electron chi connectivity index (χ3n) is 7.33. The van der Waals surface area contributed by atoms with Gasteiger partial charge in [-0.3, -0.25) is 14.2 Å². The molecule has 0 bridgehead atoms. The Labute approximate surface area is 203 Å². The molecule has 0 atom stereocenters. The second-order valence-electron chi connectivity index (χ2n) is 9.55. The molecule has 0 N–H and O–H groups in total. The molecule has 5 nitrogen and oxygen atoms in total. The van der Waals surface area contributed by atoms with Crippen LogP contribution in [-0.4, -0.2) is 25.7 Å². The van der Waals surface area contributed by atoms with Crippen LogP contribution in [-0.2, 0) is 19.4 Å². The molecule has 33 heavy (non-hydrogen) atoms. The number of rotatable bonds is 7. The van der Waals surface area contributed by atoms with Crippen LogP contribution in [0, 0.1) is 13.8 Å². The molecule has 176 valence electrons. The van der Waals surface area contributed by atoms with Crippen molar-refractivity contribution in [3.05, 3.63) is 43.8 Å². The lowest BCUT2D eigenvalue weighted by molar-refractivity contribution is 0.102. The molecule has 0 aliphatic heterocycles. The molecule has 2 aliphatic rings. The first-order valence-corrected chi connectivity index (χ1v) is 14.2. The summed E-state index contributed by atoms with van der Waals surface area (Å²) >= 11 is 3.15. The Bertz CT molecular complexity index is 1260. The molecular weight excluding hydrogens is 450 g/mol. The Morgan fingerprint density at radius 3 is 2.70 bits per heavy atom. The number of carbonyl (C=O) groups excluding carboxylic acids is 1. The number of carbonyl (C=O) groups is 1. The van der Waals surface area contributed by atoms with Gasteiger partial charge in [0.2, 0.25) is 0 Å². The normalized spacial score (nSPS) is 16.6. The number of hydrogen-bond donors (Lipinski definition) is 0. The zero-order valence-corrected chi connectivity index (χ0v) is 21.5. The number of thioether (sulfide) groups is 1. The van der Waals surface area contributed by atoms with Gasteiger partial charge < -0.3 is 4.57 Å². The number of ketones is 1. The standard InChI is InChI=1S/C26H33N3O2S2/c1-4-13-28-16(2)14-20(17(28)3)21(30)15-32-26-27-24-23(19-11-7-8-12-22(19)33-24)25(31)29(26)18-9-5-6-10-18/h14,18H,4-13,15H2,1-3H3. The summed E-state index contributed by atoms with van der Waals surface area (Å²) in [5, 5.41) is 1.59. The van der Waals surface area contributed by atoms with Crippen LogP contribution < -0.4 is 5.56 Å². The first-order chi connectivity index (χ1) is 16.0. The number of nitrogens with zero attached hydrogens (tertiary/aromatic N) is 3. The van der Waals surface area contributed by atoms with Gasteiger partial charge in [-0.25, -0.2) is 4.98 Å². The van der Waals surface area contributed by atoms with Gasteiger partial charge in [0.1, 0.15) is 4.83 Å². The fourth-order valence-corrected chi connectivity index (χ4v) is 7.90. The van der Waals surface area contributed by atoms with Crippen LogP contribution >= 0.6 is 23.1 Å². The van der Waals surface area contributed by atoms with Crippen molar-refractivity contribution in [3.63, 3.8) is 0 Å². The lowest BCUT2D eigenvalue weighted by Gasteiger charge is -2.18. The SMILES string of the molecule is CCCn1c(C)cc(C(=O)CSc2nc3sc4c(c3c(=O)n2C2CCCC2)CCCC4)c1C. The Morgan fingerprint density at radius 2 is 1.94 bits per heavy atom. The van der Waals surface area contributed by atoms with Crippen LogP contribution in [0.5, 0.6) is 0 Å². The molecule has 5 rings (SSSR count). The van der Waals surface area contributed by atoms with E-state index in [0.717, 1.165) is 90.2 Å². The van der Waals surface area contributed by atoms with Gasteiger partial charge in [-0.2, -0.15) is 0 Å². The lowest BCUT2D eigenvalue weighted by Crippen LogP contribution is -2.27. The maximum absolute atomic E-state index is 13.8. The fraction of sp³-hybridized carbons (Fsp3) is 0.577. The Morgan fingerprint density at radius 1 is 1.18 bits per heavy atom. The second-order valence-corrected chi connectivity index (χ2v) is 11.6. The number of thiophene rings is 1. The molecular formula is C26H33N3O2S2. The Kier molecular flexibility index (Phi) is 6.54. The second kappa shape index (κ2) is 9.41. The maximum atomic E-state index is 13.8. The third kappa shape index (κ3) is 4.12. The highest BCUT2D eigenvalue weighted by Crippen LogP contribution is 2.37. The number of hydrogen-bond acceptors (Lipinski definition) is 5. The molecule has 1 saturated carbocycles. The predicted octanol–water partition coefficient (Wildman–Crippen LogP) is 6.26. The van der Waals surface area contributed by atoms with E-state index >= 15 is 0 Å². The van der Waals surface area contributed by atoms with Gasteiger partial charge >= 0.3 is 0 Å². The molecule has 2 aliphatic carbocycles. The molecule has 7 heteroatoms. The number of Topliss-reactive ketones (excluding diaryl/α,β-unsaturated/α-hetero) is 1. The van der Waals surface area contributed by atoms with Crippen molar-refractivity contribution in [1.29, 1.82) is 0 Å². The van der Waals surface area contributed by atoms with Crippen molar-refractivity contribution in [3.8, 4) is 0 Å². The van der Waals surface area contributed by atoms with Gasteiger partial charge in [0.15, 0.2) is 10.9 Å². The van der Waals surface area contributed by atoms with Crippen molar-refractivity contribution in [2.24, 2.45) is 0 Å². The van der Waals surface area contributed by atoms with Gasteiger partial charge in [0, 0.05) is 34.4 Å². The minimum Gasteiger partial charge on any atom is -0.348 e. The van der Waals surface area contributed by atoms with E-state index in [-0.39, 0.29) is 17.4 Å². The van der Waals surface area contributed by atoms with E-state index in [2.05, 4.69) is 18.4 Å². The molecule has 3 heterocycles. The van der Waals surface area contributed by atoms with Gasteiger partial charge in [0.25, 0.3) is 5.56 Å². The lowest BCUT2D eigenvalue weighted by atomic mass is 9.97. The van der Waals surface area contributed by atoms with Gasteiger partial charge in [-0.15, -0.1) is 11.3 Å². The summed E-state index contributed by atoms with van der Waals surface area (Å²) in [5.41, 5.74) is 4.36. The van der Waals surface area contributed by atoms with Gasteiger partial charge in [0.05, 0.1) is 11.1 Å².